The van der Waals surface area contributed by atoms with Gasteiger partial charge in [-0.15, -0.1) is 0 Å². The highest BCUT2D eigenvalue weighted by molar-refractivity contribution is 6.07. The van der Waals surface area contributed by atoms with E-state index in [0.29, 0.717) is 30.5 Å². The standard InChI is InChI=1S/C20H26N2O3/c1-4-22-11-9-20(10-12-22)17(15(3)19(24)25-20)18(23)21-13-16-7-5-14(2)6-8-16/h5-8H,4,9-13H2,1-3H3,(H,21,23). The molecule has 0 unspecified atom stereocenters. The lowest BCUT2D eigenvalue weighted by molar-refractivity contribution is -0.150. The van der Waals surface area contributed by atoms with E-state index < -0.39 is 5.60 Å². The average Bonchev–Trinajstić information content (AvgIpc) is 2.85. The zero-order valence-electron chi connectivity index (χ0n) is 15.2. The van der Waals surface area contributed by atoms with Gasteiger partial charge in [0.1, 0.15) is 5.60 Å². The summed E-state index contributed by atoms with van der Waals surface area (Å²) in [6.45, 7) is 8.95. The number of benzene rings is 1. The number of hydrogen-bond acceptors (Lipinski definition) is 4. The molecule has 0 saturated carbocycles. The Hall–Kier alpha value is -2.14. The summed E-state index contributed by atoms with van der Waals surface area (Å²) in [5.41, 5.74) is 2.46. The molecule has 1 fully saturated rings. The molecule has 1 saturated heterocycles. The molecule has 2 aliphatic heterocycles. The van der Waals surface area contributed by atoms with Crippen LogP contribution in [0.25, 0.3) is 0 Å². The Kier molecular flexibility index (Phi) is 4.95. The van der Waals surface area contributed by atoms with E-state index >= 15 is 0 Å². The number of piperidine rings is 1. The zero-order chi connectivity index (χ0) is 18.0. The van der Waals surface area contributed by atoms with Gasteiger partial charge in [0, 0.05) is 38.0 Å². The van der Waals surface area contributed by atoms with Crippen molar-refractivity contribution < 1.29 is 14.3 Å². The van der Waals surface area contributed by atoms with Crippen LogP contribution in [0.4, 0.5) is 0 Å². The van der Waals surface area contributed by atoms with Crippen molar-refractivity contribution in [1.29, 1.82) is 0 Å². The monoisotopic (exact) mass is 342 g/mol. The topological polar surface area (TPSA) is 58.6 Å². The fraction of sp³-hybridized carbons (Fsp3) is 0.500. The van der Waals surface area contributed by atoms with Crippen LogP contribution >= 0.6 is 0 Å². The molecule has 1 amide bonds. The molecule has 3 rings (SSSR count). The fourth-order valence-corrected chi connectivity index (χ4v) is 3.69. The van der Waals surface area contributed by atoms with E-state index in [1.54, 1.807) is 6.92 Å². The van der Waals surface area contributed by atoms with Gasteiger partial charge in [-0.3, -0.25) is 4.79 Å². The van der Waals surface area contributed by atoms with Crippen LogP contribution in [0, 0.1) is 6.92 Å². The molecule has 1 N–H and O–H groups in total. The third-order valence-corrected chi connectivity index (χ3v) is 5.34. The third-order valence-electron chi connectivity index (χ3n) is 5.34. The number of carbonyl (C=O) groups is 2. The molecule has 0 aliphatic carbocycles. The molecule has 134 valence electrons. The van der Waals surface area contributed by atoms with Gasteiger partial charge < -0.3 is 15.0 Å². The van der Waals surface area contributed by atoms with Gasteiger partial charge in [0.2, 0.25) is 0 Å². The van der Waals surface area contributed by atoms with Crippen LogP contribution in [0.5, 0.6) is 0 Å². The number of aryl methyl sites for hydroxylation is 1. The fourth-order valence-electron chi connectivity index (χ4n) is 3.69. The number of carbonyl (C=O) groups excluding carboxylic acids is 2. The molecule has 0 atom stereocenters. The molecule has 5 heteroatoms. The van der Waals surface area contributed by atoms with E-state index in [1.807, 2.05) is 31.2 Å². The minimum Gasteiger partial charge on any atom is -0.450 e. The van der Waals surface area contributed by atoms with Gasteiger partial charge in [0.15, 0.2) is 0 Å². The molecule has 1 spiro atoms. The first-order valence-corrected chi connectivity index (χ1v) is 8.96. The lowest BCUT2D eigenvalue weighted by atomic mass is 9.82. The van der Waals surface area contributed by atoms with Gasteiger partial charge in [0.25, 0.3) is 5.91 Å². The largest absolute Gasteiger partial charge is 0.450 e. The quantitative estimate of drug-likeness (QED) is 0.854. The smallest absolute Gasteiger partial charge is 0.335 e. The summed E-state index contributed by atoms with van der Waals surface area (Å²) >= 11 is 0. The van der Waals surface area contributed by atoms with E-state index in [1.165, 1.54) is 5.56 Å². The maximum Gasteiger partial charge on any atom is 0.335 e. The highest BCUT2D eigenvalue weighted by atomic mass is 16.6. The molecular weight excluding hydrogens is 316 g/mol. The highest BCUT2D eigenvalue weighted by Crippen LogP contribution is 2.41. The minimum atomic E-state index is -0.746. The molecule has 2 heterocycles. The van der Waals surface area contributed by atoms with Crippen molar-refractivity contribution in [1.82, 2.24) is 10.2 Å². The Bertz CT molecular complexity index is 698. The second-order valence-corrected chi connectivity index (χ2v) is 6.99. The van der Waals surface area contributed by atoms with Crippen molar-refractivity contribution in [2.45, 2.75) is 45.8 Å². The number of amides is 1. The van der Waals surface area contributed by atoms with Crippen molar-refractivity contribution in [3.8, 4) is 0 Å². The van der Waals surface area contributed by atoms with Gasteiger partial charge in [-0.05, 0) is 26.0 Å². The van der Waals surface area contributed by atoms with Crippen molar-refractivity contribution in [2.75, 3.05) is 19.6 Å². The van der Waals surface area contributed by atoms with Crippen LogP contribution in [0.2, 0.25) is 0 Å². The Morgan fingerprint density at radius 1 is 1.20 bits per heavy atom. The number of nitrogens with one attached hydrogen (secondary N) is 1. The van der Waals surface area contributed by atoms with Gasteiger partial charge in [0.05, 0.1) is 5.57 Å². The van der Waals surface area contributed by atoms with Crippen molar-refractivity contribution in [3.05, 3.63) is 46.5 Å². The second kappa shape index (κ2) is 7.00. The molecule has 0 radical (unpaired) electrons. The SMILES string of the molecule is CCN1CCC2(CC1)OC(=O)C(C)=C2C(=O)NCc1ccc(C)cc1. The molecule has 1 aromatic carbocycles. The van der Waals surface area contributed by atoms with Crippen molar-refractivity contribution in [3.63, 3.8) is 0 Å². The molecule has 0 aromatic heterocycles. The summed E-state index contributed by atoms with van der Waals surface area (Å²) in [7, 11) is 0. The third kappa shape index (κ3) is 3.47. The van der Waals surface area contributed by atoms with Crippen LogP contribution < -0.4 is 5.32 Å². The molecule has 1 aromatic rings. The summed E-state index contributed by atoms with van der Waals surface area (Å²) in [6, 6.07) is 8.05. The molecule has 25 heavy (non-hydrogen) atoms. The summed E-state index contributed by atoms with van der Waals surface area (Å²) in [6.07, 6.45) is 1.36. The first-order valence-electron chi connectivity index (χ1n) is 8.96. The van der Waals surface area contributed by atoms with Gasteiger partial charge in [-0.25, -0.2) is 4.79 Å². The van der Waals surface area contributed by atoms with Crippen LogP contribution in [-0.2, 0) is 20.9 Å². The van der Waals surface area contributed by atoms with E-state index in [4.69, 9.17) is 4.74 Å². The van der Waals surface area contributed by atoms with Gasteiger partial charge in [-0.1, -0.05) is 36.8 Å². The Labute approximate surface area is 149 Å². The maximum absolute atomic E-state index is 12.9. The molecule has 5 nitrogen and oxygen atoms in total. The summed E-state index contributed by atoms with van der Waals surface area (Å²) in [4.78, 5) is 27.3. The molecule has 2 aliphatic rings. The van der Waals surface area contributed by atoms with E-state index in [9.17, 15) is 9.59 Å². The Balaban J connectivity index is 1.74. The lowest BCUT2D eigenvalue weighted by Crippen LogP contribution is -2.48. The minimum absolute atomic E-state index is 0.186. The van der Waals surface area contributed by atoms with Gasteiger partial charge in [-0.2, -0.15) is 0 Å². The van der Waals surface area contributed by atoms with Crippen molar-refractivity contribution >= 4 is 11.9 Å². The van der Waals surface area contributed by atoms with E-state index in [-0.39, 0.29) is 11.9 Å². The normalized spacial score (nSPS) is 20.0. The zero-order valence-corrected chi connectivity index (χ0v) is 15.2. The Morgan fingerprint density at radius 3 is 2.44 bits per heavy atom. The predicted molar refractivity (Wildman–Crippen MR) is 95.9 cm³/mol. The number of ether oxygens (including phenoxy) is 1. The van der Waals surface area contributed by atoms with Crippen LogP contribution in [0.3, 0.4) is 0 Å². The summed E-state index contributed by atoms with van der Waals surface area (Å²) in [5, 5.41) is 2.97. The molecule has 0 bridgehead atoms. The van der Waals surface area contributed by atoms with Crippen LogP contribution in [0.15, 0.2) is 35.4 Å². The number of rotatable bonds is 4. The van der Waals surface area contributed by atoms with Crippen LogP contribution in [-0.4, -0.2) is 42.0 Å². The number of hydrogen-bond donors (Lipinski definition) is 1. The maximum atomic E-state index is 12.9. The van der Waals surface area contributed by atoms with Crippen LogP contribution in [0.1, 0.15) is 37.8 Å². The first-order chi connectivity index (χ1) is 11.9. The van der Waals surface area contributed by atoms with E-state index in [0.717, 1.165) is 25.2 Å². The Morgan fingerprint density at radius 2 is 1.84 bits per heavy atom. The van der Waals surface area contributed by atoms with Gasteiger partial charge >= 0.3 is 5.97 Å². The van der Waals surface area contributed by atoms with E-state index in [2.05, 4.69) is 17.1 Å². The number of likely N-dealkylation sites (tertiary alicyclic amines) is 1. The van der Waals surface area contributed by atoms with Crippen molar-refractivity contribution in [2.24, 2.45) is 0 Å². The highest BCUT2D eigenvalue weighted by Gasteiger charge is 2.50. The predicted octanol–water partition coefficient (Wildman–Crippen LogP) is 2.34. The summed E-state index contributed by atoms with van der Waals surface area (Å²) < 4.78 is 5.70. The average molecular weight is 342 g/mol. The number of nitrogens with zero attached hydrogens (tertiary/aromatic N) is 1. The number of esters is 1. The first kappa shape index (κ1) is 17.7. The lowest BCUT2D eigenvalue weighted by Gasteiger charge is -2.39. The molecular formula is C20H26N2O3. The summed E-state index contributed by atoms with van der Waals surface area (Å²) in [5.74, 6) is -0.542. The second-order valence-electron chi connectivity index (χ2n) is 6.99.